The Kier molecular flexibility index (Phi) is 4.12. The molecule has 0 unspecified atom stereocenters. The SMILES string of the molecule is CC(C)c1noc([C@@H]2CCCN(Cc3nccs3)C2)n1. The number of thiazole rings is 1. The van der Waals surface area contributed by atoms with Gasteiger partial charge in [0.05, 0.1) is 12.5 Å². The maximum absolute atomic E-state index is 5.45. The van der Waals surface area contributed by atoms with Gasteiger partial charge in [-0.2, -0.15) is 4.98 Å². The quantitative estimate of drug-likeness (QED) is 0.867. The Morgan fingerprint density at radius 1 is 1.50 bits per heavy atom. The molecule has 108 valence electrons. The van der Waals surface area contributed by atoms with Gasteiger partial charge in [-0.25, -0.2) is 4.98 Å². The highest BCUT2D eigenvalue weighted by Crippen LogP contribution is 2.27. The maximum Gasteiger partial charge on any atom is 0.231 e. The molecule has 0 aliphatic carbocycles. The van der Waals surface area contributed by atoms with Gasteiger partial charge in [-0.3, -0.25) is 4.90 Å². The Labute approximate surface area is 123 Å². The fourth-order valence-electron chi connectivity index (χ4n) is 2.57. The number of likely N-dealkylation sites (tertiary alicyclic amines) is 1. The lowest BCUT2D eigenvalue weighted by Gasteiger charge is -2.30. The summed E-state index contributed by atoms with van der Waals surface area (Å²) in [6, 6.07) is 0. The van der Waals surface area contributed by atoms with Crippen molar-refractivity contribution in [2.45, 2.75) is 45.1 Å². The van der Waals surface area contributed by atoms with Crippen molar-refractivity contribution >= 4 is 11.3 Å². The van der Waals surface area contributed by atoms with Gasteiger partial charge in [-0.15, -0.1) is 11.3 Å². The zero-order chi connectivity index (χ0) is 13.9. The second-order valence-corrected chi connectivity index (χ2v) is 6.62. The van der Waals surface area contributed by atoms with Crippen LogP contribution in [0.5, 0.6) is 0 Å². The second-order valence-electron chi connectivity index (χ2n) is 5.65. The summed E-state index contributed by atoms with van der Waals surface area (Å²) in [7, 11) is 0. The van der Waals surface area contributed by atoms with E-state index >= 15 is 0 Å². The summed E-state index contributed by atoms with van der Waals surface area (Å²) in [4.78, 5) is 11.3. The van der Waals surface area contributed by atoms with Gasteiger partial charge in [-0.05, 0) is 19.4 Å². The lowest BCUT2D eigenvalue weighted by molar-refractivity contribution is 0.180. The summed E-state index contributed by atoms with van der Waals surface area (Å²) < 4.78 is 5.45. The molecule has 0 saturated carbocycles. The van der Waals surface area contributed by atoms with E-state index in [2.05, 4.69) is 33.9 Å². The van der Waals surface area contributed by atoms with Gasteiger partial charge in [0.15, 0.2) is 5.82 Å². The van der Waals surface area contributed by atoms with Crippen molar-refractivity contribution in [2.24, 2.45) is 0 Å². The topological polar surface area (TPSA) is 55.1 Å². The molecule has 0 amide bonds. The summed E-state index contributed by atoms with van der Waals surface area (Å²) in [5, 5.41) is 7.29. The van der Waals surface area contributed by atoms with Crippen LogP contribution in [0, 0.1) is 0 Å². The normalized spacial score (nSPS) is 20.6. The van der Waals surface area contributed by atoms with Gasteiger partial charge in [0, 0.05) is 24.0 Å². The molecule has 6 heteroatoms. The first kappa shape index (κ1) is 13.7. The lowest BCUT2D eigenvalue weighted by Crippen LogP contribution is -2.34. The van der Waals surface area contributed by atoms with Crippen LogP contribution in [0.2, 0.25) is 0 Å². The summed E-state index contributed by atoms with van der Waals surface area (Å²) in [6.07, 6.45) is 4.18. The Hall–Kier alpha value is -1.27. The van der Waals surface area contributed by atoms with Crippen LogP contribution in [0.3, 0.4) is 0 Å². The van der Waals surface area contributed by atoms with E-state index in [1.54, 1.807) is 11.3 Å². The monoisotopic (exact) mass is 292 g/mol. The molecule has 2 aromatic heterocycles. The fraction of sp³-hybridized carbons (Fsp3) is 0.643. The predicted molar refractivity (Wildman–Crippen MR) is 77.8 cm³/mol. The molecule has 1 aliphatic rings. The zero-order valence-corrected chi connectivity index (χ0v) is 12.8. The number of nitrogens with zero attached hydrogens (tertiary/aromatic N) is 4. The van der Waals surface area contributed by atoms with Gasteiger partial charge in [0.25, 0.3) is 0 Å². The summed E-state index contributed by atoms with van der Waals surface area (Å²) >= 11 is 1.72. The number of piperidine rings is 1. The highest BCUT2D eigenvalue weighted by Gasteiger charge is 2.26. The van der Waals surface area contributed by atoms with E-state index in [0.29, 0.717) is 11.8 Å². The van der Waals surface area contributed by atoms with Gasteiger partial charge >= 0.3 is 0 Å². The van der Waals surface area contributed by atoms with Crippen LogP contribution in [0.25, 0.3) is 0 Å². The third-order valence-electron chi connectivity index (χ3n) is 3.67. The van der Waals surface area contributed by atoms with E-state index in [1.807, 2.05) is 11.6 Å². The van der Waals surface area contributed by atoms with E-state index in [-0.39, 0.29) is 0 Å². The van der Waals surface area contributed by atoms with Crippen molar-refractivity contribution in [1.82, 2.24) is 20.0 Å². The second kappa shape index (κ2) is 6.01. The summed E-state index contributed by atoms with van der Waals surface area (Å²) in [6.45, 7) is 7.22. The molecule has 20 heavy (non-hydrogen) atoms. The molecule has 1 fully saturated rings. The Balaban J connectivity index is 1.65. The predicted octanol–water partition coefficient (Wildman–Crippen LogP) is 3.03. The van der Waals surface area contributed by atoms with Crippen LogP contribution in [-0.2, 0) is 6.54 Å². The molecule has 2 aromatic rings. The number of hydrogen-bond donors (Lipinski definition) is 0. The van der Waals surface area contributed by atoms with Crippen molar-refractivity contribution in [3.05, 3.63) is 28.3 Å². The minimum Gasteiger partial charge on any atom is -0.339 e. The molecule has 0 spiro atoms. The van der Waals surface area contributed by atoms with Crippen molar-refractivity contribution in [3.8, 4) is 0 Å². The number of aromatic nitrogens is 3. The highest BCUT2D eigenvalue weighted by atomic mass is 32.1. The van der Waals surface area contributed by atoms with E-state index in [4.69, 9.17) is 4.52 Å². The molecule has 1 saturated heterocycles. The average molecular weight is 292 g/mol. The van der Waals surface area contributed by atoms with E-state index in [0.717, 1.165) is 37.8 Å². The van der Waals surface area contributed by atoms with Crippen molar-refractivity contribution < 1.29 is 4.52 Å². The Bertz CT molecular complexity index is 537. The van der Waals surface area contributed by atoms with E-state index in [9.17, 15) is 0 Å². The smallest absolute Gasteiger partial charge is 0.231 e. The van der Waals surface area contributed by atoms with Crippen molar-refractivity contribution in [3.63, 3.8) is 0 Å². The zero-order valence-electron chi connectivity index (χ0n) is 12.0. The molecule has 0 aromatic carbocycles. The first-order valence-electron chi connectivity index (χ1n) is 7.16. The van der Waals surface area contributed by atoms with E-state index < -0.39 is 0 Å². The first-order valence-corrected chi connectivity index (χ1v) is 8.04. The number of hydrogen-bond acceptors (Lipinski definition) is 6. The van der Waals surface area contributed by atoms with Crippen molar-refractivity contribution in [1.29, 1.82) is 0 Å². The Morgan fingerprint density at radius 2 is 2.40 bits per heavy atom. The fourth-order valence-corrected chi connectivity index (χ4v) is 3.23. The van der Waals surface area contributed by atoms with Crippen LogP contribution in [0.4, 0.5) is 0 Å². The molecule has 0 N–H and O–H groups in total. The average Bonchev–Trinajstić information content (AvgIpc) is 3.09. The highest BCUT2D eigenvalue weighted by molar-refractivity contribution is 7.09. The standard InChI is InChI=1S/C14H20N4OS/c1-10(2)13-16-14(19-17-13)11-4-3-6-18(8-11)9-12-15-5-7-20-12/h5,7,10-11H,3-4,6,8-9H2,1-2H3/t11-/m1/s1. The molecule has 1 aliphatic heterocycles. The minimum absolute atomic E-state index is 0.322. The van der Waals surface area contributed by atoms with Gasteiger partial charge < -0.3 is 4.52 Å². The van der Waals surface area contributed by atoms with Crippen LogP contribution in [0.1, 0.15) is 55.2 Å². The summed E-state index contributed by atoms with van der Waals surface area (Å²) in [5.41, 5.74) is 0. The first-order chi connectivity index (χ1) is 9.72. The lowest BCUT2D eigenvalue weighted by atomic mass is 9.98. The third kappa shape index (κ3) is 3.07. The van der Waals surface area contributed by atoms with Gasteiger partial charge in [0.2, 0.25) is 5.89 Å². The van der Waals surface area contributed by atoms with Gasteiger partial charge in [-0.1, -0.05) is 19.0 Å². The Morgan fingerprint density at radius 3 is 3.10 bits per heavy atom. The maximum atomic E-state index is 5.45. The van der Waals surface area contributed by atoms with Crippen LogP contribution in [0.15, 0.2) is 16.1 Å². The van der Waals surface area contributed by atoms with Crippen LogP contribution < -0.4 is 0 Å². The number of rotatable bonds is 4. The molecule has 0 radical (unpaired) electrons. The minimum atomic E-state index is 0.322. The third-order valence-corrected chi connectivity index (χ3v) is 4.44. The van der Waals surface area contributed by atoms with E-state index in [1.165, 1.54) is 11.4 Å². The molecule has 5 nitrogen and oxygen atoms in total. The molecular formula is C14H20N4OS. The van der Waals surface area contributed by atoms with Crippen LogP contribution in [-0.4, -0.2) is 33.1 Å². The van der Waals surface area contributed by atoms with Crippen molar-refractivity contribution in [2.75, 3.05) is 13.1 Å². The largest absolute Gasteiger partial charge is 0.339 e. The molecule has 3 heterocycles. The molecule has 3 rings (SSSR count). The van der Waals surface area contributed by atoms with Crippen LogP contribution >= 0.6 is 11.3 Å². The molecule has 1 atom stereocenters. The molecular weight excluding hydrogens is 272 g/mol. The van der Waals surface area contributed by atoms with Gasteiger partial charge in [0.1, 0.15) is 5.01 Å². The summed E-state index contributed by atoms with van der Waals surface area (Å²) in [5.74, 6) is 2.31. The molecule has 0 bridgehead atoms.